The largest absolute Gasteiger partial charge is 0.418 e. The molecular weight excluding hydrogens is 371 g/mol. The minimum Gasteiger partial charge on any atom is -0.353 e. The summed E-state index contributed by atoms with van der Waals surface area (Å²) >= 11 is 0. The zero-order valence-corrected chi connectivity index (χ0v) is 15.5. The summed E-state index contributed by atoms with van der Waals surface area (Å²) in [6.07, 6.45) is 1.27. The van der Waals surface area contributed by atoms with Gasteiger partial charge in [-0.15, -0.1) is 0 Å². The van der Waals surface area contributed by atoms with Crippen molar-refractivity contribution < 1.29 is 22.8 Å². The Kier molecular flexibility index (Phi) is 4.97. The highest BCUT2D eigenvalue weighted by Crippen LogP contribution is 2.38. The van der Waals surface area contributed by atoms with Gasteiger partial charge in [-0.2, -0.15) is 13.2 Å². The van der Waals surface area contributed by atoms with E-state index in [-0.39, 0.29) is 35.6 Å². The van der Waals surface area contributed by atoms with Gasteiger partial charge in [0.15, 0.2) is 0 Å². The van der Waals surface area contributed by atoms with Crippen molar-refractivity contribution in [2.45, 2.75) is 69.2 Å². The van der Waals surface area contributed by atoms with Crippen LogP contribution < -0.4 is 10.6 Å². The molecule has 4 rings (SSSR count). The van der Waals surface area contributed by atoms with Crippen LogP contribution in [0.1, 0.15) is 50.5 Å². The first-order valence-electron chi connectivity index (χ1n) is 9.89. The van der Waals surface area contributed by atoms with E-state index in [2.05, 4.69) is 10.6 Å². The molecule has 2 saturated heterocycles. The lowest BCUT2D eigenvalue weighted by atomic mass is 9.82. The van der Waals surface area contributed by atoms with Crippen LogP contribution in [0.2, 0.25) is 0 Å². The molecule has 5 nitrogen and oxygen atoms in total. The Bertz CT molecular complexity index is 749. The molecule has 2 aliphatic heterocycles. The number of amides is 3. The molecule has 3 amide bonds. The van der Waals surface area contributed by atoms with Gasteiger partial charge in [0.1, 0.15) is 0 Å². The molecule has 2 unspecified atom stereocenters. The van der Waals surface area contributed by atoms with Gasteiger partial charge in [-0.1, -0.05) is 12.1 Å². The molecule has 3 aliphatic rings. The number of nitrogens with zero attached hydrogens (tertiary/aromatic N) is 1. The van der Waals surface area contributed by atoms with E-state index in [9.17, 15) is 22.8 Å². The molecule has 1 aliphatic carbocycles. The average Bonchev–Trinajstić information content (AvgIpc) is 3.45. The van der Waals surface area contributed by atoms with E-state index in [1.165, 1.54) is 18.2 Å². The van der Waals surface area contributed by atoms with Crippen molar-refractivity contribution in [3.63, 3.8) is 0 Å². The van der Waals surface area contributed by atoms with Gasteiger partial charge in [-0.25, -0.2) is 4.79 Å². The molecule has 1 saturated carbocycles. The van der Waals surface area contributed by atoms with Crippen LogP contribution in [-0.2, 0) is 11.0 Å². The van der Waals surface area contributed by atoms with Gasteiger partial charge in [0.05, 0.1) is 11.3 Å². The van der Waals surface area contributed by atoms with Gasteiger partial charge in [-0.05, 0) is 57.1 Å². The minimum absolute atomic E-state index is 0.0370. The minimum atomic E-state index is -4.53. The first-order valence-corrected chi connectivity index (χ1v) is 9.89. The van der Waals surface area contributed by atoms with Crippen molar-refractivity contribution >= 4 is 17.6 Å². The highest BCUT2D eigenvalue weighted by molar-refractivity contribution is 5.91. The fourth-order valence-electron chi connectivity index (χ4n) is 4.51. The fourth-order valence-corrected chi connectivity index (χ4v) is 4.51. The summed E-state index contributed by atoms with van der Waals surface area (Å²) in [5.74, 6) is 0.236. The second-order valence-electron chi connectivity index (χ2n) is 8.07. The molecule has 0 radical (unpaired) electrons. The Labute approximate surface area is 161 Å². The van der Waals surface area contributed by atoms with Gasteiger partial charge < -0.3 is 15.5 Å². The molecule has 28 heavy (non-hydrogen) atoms. The van der Waals surface area contributed by atoms with Gasteiger partial charge >= 0.3 is 12.2 Å². The zero-order chi connectivity index (χ0) is 19.9. The lowest BCUT2D eigenvalue weighted by Gasteiger charge is -2.48. The molecule has 1 aromatic carbocycles. The first kappa shape index (κ1) is 19.1. The highest BCUT2D eigenvalue weighted by atomic mass is 19.4. The molecule has 152 valence electrons. The number of nitrogens with one attached hydrogen (secondary N) is 2. The van der Waals surface area contributed by atoms with Crippen molar-refractivity contribution in [1.29, 1.82) is 0 Å². The number of para-hydroxylation sites is 1. The predicted molar refractivity (Wildman–Crippen MR) is 97.6 cm³/mol. The van der Waals surface area contributed by atoms with E-state index in [0.29, 0.717) is 12.8 Å². The normalized spacial score (nSPS) is 27.2. The predicted octanol–water partition coefficient (Wildman–Crippen LogP) is 4.15. The Balaban J connectivity index is 1.46. The lowest BCUT2D eigenvalue weighted by molar-refractivity contribution is -0.137. The van der Waals surface area contributed by atoms with Gasteiger partial charge in [0, 0.05) is 24.0 Å². The summed E-state index contributed by atoms with van der Waals surface area (Å²) in [4.78, 5) is 26.6. The molecule has 0 aromatic heterocycles. The molecule has 3 fully saturated rings. The standard InChI is InChI=1S/C20H24F3N3O2/c21-20(22,23)16-6-1-2-7-17(16)25-19(28)26-14-4-3-5-15(26)11-13(10-14)24-18(27)12-8-9-12/h1-2,6-7,12-15H,3-5,8-11H2,(H,24,27)(H,25,28). The number of anilines is 1. The third-order valence-electron chi connectivity index (χ3n) is 5.98. The Morgan fingerprint density at radius 1 is 1.00 bits per heavy atom. The maximum atomic E-state index is 13.2. The van der Waals surface area contributed by atoms with Crippen molar-refractivity contribution in [1.82, 2.24) is 10.2 Å². The van der Waals surface area contributed by atoms with E-state index >= 15 is 0 Å². The molecule has 2 heterocycles. The number of benzene rings is 1. The SMILES string of the molecule is O=C(NC1CC2CCCC(C1)N2C(=O)Nc1ccccc1C(F)(F)F)C1CC1. The molecule has 2 bridgehead atoms. The second kappa shape index (κ2) is 7.29. The summed E-state index contributed by atoms with van der Waals surface area (Å²) in [6, 6.07) is 4.46. The van der Waals surface area contributed by atoms with Crippen LogP contribution in [0.5, 0.6) is 0 Å². The highest BCUT2D eigenvalue weighted by Gasteiger charge is 2.43. The van der Waals surface area contributed by atoms with Crippen LogP contribution in [-0.4, -0.2) is 35.0 Å². The van der Waals surface area contributed by atoms with Crippen LogP contribution in [0.25, 0.3) is 0 Å². The number of carbonyl (C=O) groups is 2. The second-order valence-corrected chi connectivity index (χ2v) is 8.07. The summed E-state index contributed by atoms with van der Waals surface area (Å²) in [5, 5.41) is 5.58. The van der Waals surface area contributed by atoms with E-state index in [1.54, 1.807) is 4.90 Å². The lowest BCUT2D eigenvalue weighted by Crippen LogP contribution is -2.59. The summed E-state index contributed by atoms with van der Waals surface area (Å²) < 4.78 is 39.6. The number of rotatable bonds is 3. The number of hydrogen-bond acceptors (Lipinski definition) is 2. The summed E-state index contributed by atoms with van der Waals surface area (Å²) in [5.41, 5.74) is -1.07. The Morgan fingerprint density at radius 3 is 2.25 bits per heavy atom. The molecule has 0 spiro atoms. The third-order valence-corrected chi connectivity index (χ3v) is 5.98. The fraction of sp³-hybridized carbons (Fsp3) is 0.600. The van der Waals surface area contributed by atoms with Crippen LogP contribution >= 0.6 is 0 Å². The Morgan fingerprint density at radius 2 is 1.64 bits per heavy atom. The zero-order valence-electron chi connectivity index (χ0n) is 15.5. The van der Waals surface area contributed by atoms with E-state index in [1.807, 2.05) is 0 Å². The van der Waals surface area contributed by atoms with Crippen LogP contribution in [0.3, 0.4) is 0 Å². The van der Waals surface area contributed by atoms with Gasteiger partial charge in [0.25, 0.3) is 0 Å². The number of alkyl halides is 3. The van der Waals surface area contributed by atoms with E-state index in [4.69, 9.17) is 0 Å². The molecule has 2 atom stereocenters. The summed E-state index contributed by atoms with van der Waals surface area (Å²) in [6.45, 7) is 0. The monoisotopic (exact) mass is 395 g/mol. The van der Waals surface area contributed by atoms with E-state index in [0.717, 1.165) is 38.2 Å². The van der Waals surface area contributed by atoms with Crippen molar-refractivity contribution in [2.75, 3.05) is 5.32 Å². The van der Waals surface area contributed by atoms with E-state index < -0.39 is 17.8 Å². The van der Waals surface area contributed by atoms with Crippen LogP contribution in [0.4, 0.5) is 23.7 Å². The van der Waals surface area contributed by atoms with Crippen molar-refractivity contribution in [3.05, 3.63) is 29.8 Å². The molecule has 2 N–H and O–H groups in total. The topological polar surface area (TPSA) is 61.4 Å². The van der Waals surface area contributed by atoms with Crippen molar-refractivity contribution in [2.24, 2.45) is 5.92 Å². The molecule has 8 heteroatoms. The maximum Gasteiger partial charge on any atom is 0.418 e. The number of piperidine rings is 2. The van der Waals surface area contributed by atoms with Crippen LogP contribution in [0.15, 0.2) is 24.3 Å². The third kappa shape index (κ3) is 3.95. The first-order chi connectivity index (χ1) is 13.3. The van der Waals surface area contributed by atoms with Gasteiger partial charge in [0.2, 0.25) is 5.91 Å². The Hall–Kier alpha value is -2.25. The number of fused-ring (bicyclic) bond motifs is 2. The maximum absolute atomic E-state index is 13.2. The smallest absolute Gasteiger partial charge is 0.353 e. The van der Waals surface area contributed by atoms with Crippen LogP contribution in [0, 0.1) is 5.92 Å². The number of halogens is 3. The molecule has 1 aromatic rings. The number of urea groups is 1. The van der Waals surface area contributed by atoms with Crippen molar-refractivity contribution in [3.8, 4) is 0 Å². The van der Waals surface area contributed by atoms with Gasteiger partial charge in [-0.3, -0.25) is 4.79 Å². The quantitative estimate of drug-likeness (QED) is 0.808. The molecular formula is C20H24F3N3O2. The number of hydrogen-bond donors (Lipinski definition) is 2. The number of carbonyl (C=O) groups excluding carboxylic acids is 2. The average molecular weight is 395 g/mol. The summed E-state index contributed by atoms with van der Waals surface area (Å²) in [7, 11) is 0.